The molecule has 4 N–H and O–H groups in total. The lowest BCUT2D eigenvalue weighted by molar-refractivity contribution is -0.136. The minimum Gasteiger partial charge on any atom is -0.491 e. The number of benzene rings is 1. The van der Waals surface area contributed by atoms with Gasteiger partial charge in [0.05, 0.1) is 18.2 Å². The molecule has 0 spiro atoms. The van der Waals surface area contributed by atoms with E-state index in [1.54, 1.807) is 23.1 Å². The highest BCUT2D eigenvalue weighted by atomic mass is 35.5. The molecule has 0 aromatic heterocycles. The van der Waals surface area contributed by atoms with Gasteiger partial charge in [-0.05, 0) is 62.8 Å². The van der Waals surface area contributed by atoms with E-state index in [0.717, 1.165) is 6.42 Å². The van der Waals surface area contributed by atoms with Gasteiger partial charge in [-0.2, -0.15) is 0 Å². The third kappa shape index (κ3) is 9.60. The lowest BCUT2D eigenvalue weighted by Gasteiger charge is -2.25. The zero-order valence-corrected chi connectivity index (χ0v) is 20.5. The number of rotatable bonds is 6. The number of fused-ring (bicyclic) bond motifs is 1. The molecule has 0 radical (unpaired) electrons. The zero-order valence-electron chi connectivity index (χ0n) is 19.7. The number of hydrogen-bond acceptors (Lipinski definition) is 5. The van der Waals surface area contributed by atoms with Crippen LogP contribution in [0.3, 0.4) is 0 Å². The van der Waals surface area contributed by atoms with E-state index in [0.29, 0.717) is 74.0 Å². The third-order valence-electron chi connectivity index (χ3n) is 5.42. The van der Waals surface area contributed by atoms with Crippen LogP contribution in [0.15, 0.2) is 18.2 Å². The second-order valence-electron chi connectivity index (χ2n) is 8.87. The van der Waals surface area contributed by atoms with Crippen molar-refractivity contribution in [1.82, 2.24) is 15.5 Å². The molecular formula is C24H37ClN4O4. The first-order chi connectivity index (χ1) is 15.8. The van der Waals surface area contributed by atoms with Gasteiger partial charge in [-0.1, -0.05) is 25.4 Å². The molecule has 1 aliphatic rings. The summed E-state index contributed by atoms with van der Waals surface area (Å²) in [5.41, 5.74) is 5.90. The lowest BCUT2D eigenvalue weighted by atomic mass is 10.0. The van der Waals surface area contributed by atoms with Crippen molar-refractivity contribution in [2.75, 3.05) is 32.8 Å². The lowest BCUT2D eigenvalue weighted by Crippen LogP contribution is -2.46. The third-order valence-corrected chi connectivity index (χ3v) is 5.65. The first kappa shape index (κ1) is 26.9. The molecule has 0 bridgehead atoms. The van der Waals surface area contributed by atoms with Gasteiger partial charge in [-0.3, -0.25) is 14.4 Å². The number of carbonyl (C=O) groups excluding carboxylic acids is 3. The predicted octanol–water partition coefficient (Wildman–Crippen LogP) is 2.73. The molecule has 184 valence electrons. The summed E-state index contributed by atoms with van der Waals surface area (Å²) in [7, 11) is 0. The van der Waals surface area contributed by atoms with Gasteiger partial charge in [-0.25, -0.2) is 0 Å². The van der Waals surface area contributed by atoms with E-state index >= 15 is 0 Å². The zero-order chi connectivity index (χ0) is 24.2. The number of unbranched alkanes of at least 4 members (excludes halogenated alkanes) is 1. The molecule has 1 aromatic rings. The number of halogens is 1. The van der Waals surface area contributed by atoms with Crippen molar-refractivity contribution in [3.63, 3.8) is 0 Å². The fourth-order valence-electron chi connectivity index (χ4n) is 3.78. The van der Waals surface area contributed by atoms with E-state index in [9.17, 15) is 14.4 Å². The molecule has 8 nitrogen and oxygen atoms in total. The number of nitrogens with one attached hydrogen (secondary N) is 2. The topological polar surface area (TPSA) is 114 Å². The fourth-order valence-corrected chi connectivity index (χ4v) is 3.95. The maximum absolute atomic E-state index is 12.8. The van der Waals surface area contributed by atoms with Crippen molar-refractivity contribution in [2.24, 2.45) is 11.7 Å². The molecule has 1 aromatic carbocycles. The van der Waals surface area contributed by atoms with E-state index in [1.165, 1.54) is 0 Å². The van der Waals surface area contributed by atoms with Crippen molar-refractivity contribution >= 4 is 29.3 Å². The first-order valence-electron chi connectivity index (χ1n) is 11.8. The smallest absolute Gasteiger partial charge is 0.255 e. The largest absolute Gasteiger partial charge is 0.491 e. The molecule has 1 heterocycles. The Hall–Kier alpha value is -2.32. The molecule has 9 heteroatoms. The molecule has 0 aliphatic carbocycles. The van der Waals surface area contributed by atoms with E-state index in [1.807, 2.05) is 0 Å². The summed E-state index contributed by atoms with van der Waals surface area (Å²) >= 11 is 6.11. The maximum Gasteiger partial charge on any atom is 0.255 e. The second kappa shape index (κ2) is 14.1. The summed E-state index contributed by atoms with van der Waals surface area (Å²) in [6.45, 7) is 5.79. The number of hydrogen-bond donors (Lipinski definition) is 3. The van der Waals surface area contributed by atoms with Crippen LogP contribution in [0.5, 0.6) is 5.75 Å². The van der Waals surface area contributed by atoms with Crippen LogP contribution in [0, 0.1) is 5.92 Å². The van der Waals surface area contributed by atoms with Crippen molar-refractivity contribution in [3.05, 3.63) is 28.8 Å². The summed E-state index contributed by atoms with van der Waals surface area (Å²) in [4.78, 5) is 39.9. The molecule has 0 saturated carbocycles. The van der Waals surface area contributed by atoms with Gasteiger partial charge >= 0.3 is 0 Å². The summed E-state index contributed by atoms with van der Waals surface area (Å²) in [5.74, 6) is 0.221. The molecule has 0 saturated heterocycles. The highest BCUT2D eigenvalue weighted by Crippen LogP contribution is 2.23. The number of amides is 3. The normalized spacial score (nSPS) is 18.5. The van der Waals surface area contributed by atoms with Crippen LogP contribution in [0.4, 0.5) is 0 Å². The molecule has 3 amide bonds. The number of nitrogens with zero attached hydrogens (tertiary/aromatic N) is 1. The van der Waals surface area contributed by atoms with Crippen LogP contribution < -0.4 is 21.1 Å². The number of ether oxygens (including phenoxy) is 1. The van der Waals surface area contributed by atoms with Gasteiger partial charge < -0.3 is 26.0 Å². The molecule has 2 rings (SSSR count). The van der Waals surface area contributed by atoms with Crippen LogP contribution in [-0.2, 0) is 9.59 Å². The minimum absolute atomic E-state index is 0.00854. The van der Waals surface area contributed by atoms with Crippen molar-refractivity contribution in [1.29, 1.82) is 0 Å². The minimum atomic E-state index is -0.262. The number of nitrogens with two attached hydrogens (primary N) is 1. The van der Waals surface area contributed by atoms with Crippen molar-refractivity contribution < 1.29 is 19.1 Å². The average Bonchev–Trinajstić information content (AvgIpc) is 2.76. The Kier molecular flexibility index (Phi) is 11.5. The molecule has 1 atom stereocenters. The Labute approximate surface area is 201 Å². The molecular weight excluding hydrogens is 444 g/mol. The summed E-state index contributed by atoms with van der Waals surface area (Å²) in [5, 5.41) is 6.36. The van der Waals surface area contributed by atoms with Crippen molar-refractivity contribution in [3.8, 4) is 5.75 Å². The first-order valence-corrected chi connectivity index (χ1v) is 12.2. The van der Waals surface area contributed by atoms with E-state index in [4.69, 9.17) is 22.1 Å². The monoisotopic (exact) mass is 480 g/mol. The molecule has 1 aliphatic heterocycles. The van der Waals surface area contributed by atoms with Crippen LogP contribution in [0.1, 0.15) is 62.7 Å². The Balaban J connectivity index is 2.19. The van der Waals surface area contributed by atoms with Gasteiger partial charge in [0.1, 0.15) is 12.4 Å². The second-order valence-corrected chi connectivity index (χ2v) is 9.31. The van der Waals surface area contributed by atoms with Gasteiger partial charge in [0.2, 0.25) is 11.8 Å². The predicted molar refractivity (Wildman–Crippen MR) is 129 cm³/mol. The highest BCUT2D eigenvalue weighted by Gasteiger charge is 2.22. The highest BCUT2D eigenvalue weighted by molar-refractivity contribution is 6.31. The number of carbonyl (C=O) groups is 3. The van der Waals surface area contributed by atoms with Crippen LogP contribution in [0.25, 0.3) is 0 Å². The Morgan fingerprint density at radius 3 is 2.79 bits per heavy atom. The van der Waals surface area contributed by atoms with Gasteiger partial charge in [0, 0.05) is 24.5 Å². The quantitative estimate of drug-likeness (QED) is 0.542. The summed E-state index contributed by atoms with van der Waals surface area (Å²) < 4.78 is 5.96. The van der Waals surface area contributed by atoms with Gasteiger partial charge in [-0.15, -0.1) is 0 Å². The van der Waals surface area contributed by atoms with Gasteiger partial charge in [0.25, 0.3) is 5.91 Å². The van der Waals surface area contributed by atoms with E-state index in [-0.39, 0.29) is 36.9 Å². The SMILES string of the molecule is CC(C)C[C@H]1COc2ccc(Cl)cc2C(=O)NCCCCN(C(=O)CCCCN)CC(=O)N1. The summed E-state index contributed by atoms with van der Waals surface area (Å²) in [6.07, 6.45) is 3.89. The van der Waals surface area contributed by atoms with Crippen molar-refractivity contribution in [2.45, 2.75) is 58.4 Å². The molecule has 0 unspecified atom stereocenters. The van der Waals surface area contributed by atoms with Crippen LogP contribution in [-0.4, -0.2) is 61.4 Å². The van der Waals surface area contributed by atoms with Gasteiger partial charge in [0.15, 0.2) is 0 Å². The Morgan fingerprint density at radius 2 is 2.06 bits per heavy atom. The van der Waals surface area contributed by atoms with E-state index in [2.05, 4.69) is 24.5 Å². The summed E-state index contributed by atoms with van der Waals surface area (Å²) in [6, 6.07) is 4.67. The van der Waals surface area contributed by atoms with E-state index < -0.39 is 0 Å². The Bertz CT molecular complexity index is 803. The molecule has 33 heavy (non-hydrogen) atoms. The maximum atomic E-state index is 12.8. The van der Waals surface area contributed by atoms with Crippen LogP contribution in [0.2, 0.25) is 5.02 Å². The molecule has 0 fully saturated rings. The fraction of sp³-hybridized carbons (Fsp3) is 0.625. The van der Waals surface area contributed by atoms with Crippen LogP contribution >= 0.6 is 11.6 Å². The average molecular weight is 481 g/mol. The Morgan fingerprint density at radius 1 is 1.27 bits per heavy atom. The standard InChI is InChI=1S/C24H37ClN4O4/c1-17(2)13-19-16-33-21-9-8-18(25)14-20(21)24(32)27-11-5-6-12-29(15-22(30)28-19)23(31)7-3-4-10-26/h8-9,14,17,19H,3-7,10-13,15-16,26H2,1-2H3,(H,27,32)(H,28,30)/t19-/m0/s1.